The molecule has 1 saturated heterocycles. The van der Waals surface area contributed by atoms with Crippen LogP contribution in [-0.2, 0) is 0 Å². The Bertz CT molecular complexity index is 391. The Morgan fingerprint density at radius 1 is 1.50 bits per heavy atom. The Morgan fingerprint density at radius 2 is 2.33 bits per heavy atom. The van der Waals surface area contributed by atoms with Gasteiger partial charge in [-0.3, -0.25) is 0 Å². The van der Waals surface area contributed by atoms with Gasteiger partial charge in [-0.2, -0.15) is 0 Å². The van der Waals surface area contributed by atoms with Crippen molar-refractivity contribution in [1.29, 1.82) is 0 Å². The van der Waals surface area contributed by atoms with Gasteiger partial charge in [-0.1, -0.05) is 11.6 Å². The van der Waals surface area contributed by atoms with Crippen molar-refractivity contribution in [3.05, 3.63) is 23.2 Å². The topological polar surface area (TPSA) is 24.5 Å². The third-order valence-electron chi connectivity index (χ3n) is 3.50. The van der Waals surface area contributed by atoms with E-state index < -0.39 is 0 Å². The molecule has 100 valence electrons. The van der Waals surface area contributed by atoms with E-state index in [2.05, 4.69) is 17.3 Å². The van der Waals surface area contributed by atoms with Gasteiger partial charge in [-0.05, 0) is 44.0 Å². The molecule has 3 nitrogen and oxygen atoms in total. The molecule has 0 spiro atoms. The molecule has 0 radical (unpaired) electrons. The van der Waals surface area contributed by atoms with E-state index in [-0.39, 0.29) is 0 Å². The monoisotopic (exact) mass is 268 g/mol. The van der Waals surface area contributed by atoms with E-state index in [9.17, 15) is 0 Å². The lowest BCUT2D eigenvalue weighted by atomic mass is 9.99. The highest BCUT2D eigenvalue weighted by molar-refractivity contribution is 6.33. The number of nitrogens with zero attached hydrogens (tertiary/aromatic N) is 1. The summed E-state index contributed by atoms with van der Waals surface area (Å²) in [6, 6.07) is 5.85. The first-order valence-electron chi connectivity index (χ1n) is 6.46. The van der Waals surface area contributed by atoms with Gasteiger partial charge in [-0.25, -0.2) is 0 Å². The fourth-order valence-corrected chi connectivity index (χ4v) is 2.80. The van der Waals surface area contributed by atoms with E-state index in [4.69, 9.17) is 16.3 Å². The molecule has 0 saturated carbocycles. The van der Waals surface area contributed by atoms with Gasteiger partial charge in [0.05, 0.1) is 17.8 Å². The van der Waals surface area contributed by atoms with Crippen LogP contribution in [0.15, 0.2) is 18.2 Å². The Kier molecular flexibility index (Phi) is 4.72. The highest BCUT2D eigenvalue weighted by Crippen LogP contribution is 2.29. The van der Waals surface area contributed by atoms with Crippen molar-refractivity contribution in [2.75, 3.05) is 38.7 Å². The first-order valence-corrected chi connectivity index (χ1v) is 6.84. The third-order valence-corrected chi connectivity index (χ3v) is 3.80. The Balaban J connectivity index is 2.01. The summed E-state index contributed by atoms with van der Waals surface area (Å²) < 4.78 is 5.17. The molecule has 1 heterocycles. The molecule has 1 N–H and O–H groups in total. The van der Waals surface area contributed by atoms with Crippen molar-refractivity contribution in [2.24, 2.45) is 5.92 Å². The van der Waals surface area contributed by atoms with Crippen LogP contribution in [0.2, 0.25) is 5.02 Å². The minimum atomic E-state index is 0.710. The number of piperidine rings is 1. The number of nitrogens with one attached hydrogen (secondary N) is 1. The quantitative estimate of drug-likeness (QED) is 0.909. The number of anilines is 1. The summed E-state index contributed by atoms with van der Waals surface area (Å²) in [5.74, 6) is 1.51. The zero-order chi connectivity index (χ0) is 13.0. The van der Waals surface area contributed by atoms with Crippen LogP contribution in [0.1, 0.15) is 12.8 Å². The van der Waals surface area contributed by atoms with Crippen LogP contribution >= 0.6 is 11.6 Å². The predicted octanol–water partition coefficient (Wildman–Crippen LogP) is 2.78. The minimum Gasteiger partial charge on any atom is -0.497 e. The number of hydrogen-bond acceptors (Lipinski definition) is 3. The van der Waals surface area contributed by atoms with Crippen LogP contribution in [0.3, 0.4) is 0 Å². The van der Waals surface area contributed by atoms with Crippen LogP contribution in [0.25, 0.3) is 0 Å². The standard InChI is InChI=1S/C14H21ClN2O/c1-17(10-11-4-3-7-16-9-11)14-6-5-12(18-2)8-13(14)15/h5-6,8,11,16H,3-4,7,9-10H2,1-2H3. The second-order valence-electron chi connectivity index (χ2n) is 4.91. The highest BCUT2D eigenvalue weighted by Gasteiger charge is 2.16. The molecule has 1 fully saturated rings. The minimum absolute atomic E-state index is 0.710. The summed E-state index contributed by atoms with van der Waals surface area (Å²) in [4.78, 5) is 2.24. The summed E-state index contributed by atoms with van der Waals surface area (Å²) in [5, 5.41) is 4.20. The predicted molar refractivity (Wildman–Crippen MR) is 76.9 cm³/mol. The van der Waals surface area contributed by atoms with Crippen molar-refractivity contribution in [3.8, 4) is 5.75 Å². The van der Waals surface area contributed by atoms with Gasteiger partial charge in [0, 0.05) is 19.7 Å². The largest absolute Gasteiger partial charge is 0.497 e. The maximum atomic E-state index is 6.28. The van der Waals surface area contributed by atoms with E-state index in [0.29, 0.717) is 5.92 Å². The maximum Gasteiger partial charge on any atom is 0.120 e. The fourth-order valence-electron chi connectivity index (χ4n) is 2.49. The summed E-state index contributed by atoms with van der Waals surface area (Å²) >= 11 is 6.28. The van der Waals surface area contributed by atoms with Gasteiger partial charge in [0.1, 0.15) is 5.75 Å². The molecular formula is C14H21ClN2O. The Morgan fingerprint density at radius 3 is 2.94 bits per heavy atom. The highest BCUT2D eigenvalue weighted by atomic mass is 35.5. The molecular weight excluding hydrogens is 248 g/mol. The summed E-state index contributed by atoms with van der Waals surface area (Å²) in [5.41, 5.74) is 1.07. The zero-order valence-electron chi connectivity index (χ0n) is 11.1. The molecule has 1 aliphatic heterocycles. The smallest absolute Gasteiger partial charge is 0.120 e. The molecule has 0 bridgehead atoms. The van der Waals surface area contributed by atoms with Crippen LogP contribution in [0.4, 0.5) is 5.69 Å². The molecule has 0 aliphatic carbocycles. The van der Waals surface area contributed by atoms with E-state index >= 15 is 0 Å². The summed E-state index contributed by atoms with van der Waals surface area (Å²) in [7, 11) is 3.76. The molecule has 18 heavy (non-hydrogen) atoms. The van der Waals surface area contributed by atoms with Crippen molar-refractivity contribution >= 4 is 17.3 Å². The van der Waals surface area contributed by atoms with Crippen molar-refractivity contribution in [3.63, 3.8) is 0 Å². The summed E-state index contributed by atoms with van der Waals surface area (Å²) in [6.07, 6.45) is 2.57. The first kappa shape index (κ1) is 13.5. The molecule has 1 atom stereocenters. The average molecular weight is 269 g/mol. The molecule has 1 aromatic rings. The Labute approximate surface area is 114 Å². The first-order chi connectivity index (χ1) is 8.70. The maximum absolute atomic E-state index is 6.28. The van der Waals surface area contributed by atoms with Crippen molar-refractivity contribution < 1.29 is 4.74 Å². The zero-order valence-corrected chi connectivity index (χ0v) is 11.8. The number of halogens is 1. The van der Waals surface area contributed by atoms with Gasteiger partial charge in [-0.15, -0.1) is 0 Å². The molecule has 1 unspecified atom stereocenters. The molecule has 2 rings (SSSR count). The fraction of sp³-hybridized carbons (Fsp3) is 0.571. The lowest BCUT2D eigenvalue weighted by Gasteiger charge is -2.29. The van der Waals surface area contributed by atoms with Gasteiger partial charge in [0.25, 0.3) is 0 Å². The van der Waals surface area contributed by atoms with Crippen LogP contribution < -0.4 is 15.0 Å². The molecule has 1 aliphatic rings. The number of ether oxygens (including phenoxy) is 1. The number of benzene rings is 1. The number of hydrogen-bond donors (Lipinski definition) is 1. The van der Waals surface area contributed by atoms with Crippen molar-refractivity contribution in [1.82, 2.24) is 5.32 Å². The normalized spacial score (nSPS) is 19.6. The molecule has 4 heteroatoms. The van der Waals surface area contributed by atoms with E-state index in [0.717, 1.165) is 36.1 Å². The lowest BCUT2D eigenvalue weighted by Crippen LogP contribution is -2.36. The summed E-state index contributed by atoms with van der Waals surface area (Å²) in [6.45, 7) is 3.31. The lowest BCUT2D eigenvalue weighted by molar-refractivity contribution is 0.381. The van der Waals surface area contributed by atoms with Gasteiger partial charge < -0.3 is 15.0 Å². The number of methoxy groups -OCH3 is 1. The second kappa shape index (κ2) is 6.30. The Hall–Kier alpha value is -0.930. The van der Waals surface area contributed by atoms with Crippen LogP contribution in [0, 0.1) is 5.92 Å². The van der Waals surface area contributed by atoms with Gasteiger partial charge in [0.15, 0.2) is 0 Å². The average Bonchev–Trinajstić information content (AvgIpc) is 2.39. The van der Waals surface area contributed by atoms with E-state index in [1.807, 2.05) is 18.2 Å². The van der Waals surface area contributed by atoms with Crippen LogP contribution in [-0.4, -0.2) is 33.8 Å². The third kappa shape index (κ3) is 3.30. The SMILES string of the molecule is COc1ccc(N(C)CC2CCCNC2)c(Cl)c1. The molecule has 0 aromatic heterocycles. The van der Waals surface area contributed by atoms with Gasteiger partial charge in [0.2, 0.25) is 0 Å². The van der Waals surface area contributed by atoms with Crippen molar-refractivity contribution in [2.45, 2.75) is 12.8 Å². The van der Waals surface area contributed by atoms with E-state index in [1.54, 1.807) is 7.11 Å². The number of rotatable bonds is 4. The molecule has 0 amide bonds. The van der Waals surface area contributed by atoms with E-state index in [1.165, 1.54) is 12.8 Å². The molecule has 1 aromatic carbocycles. The van der Waals surface area contributed by atoms with Crippen LogP contribution in [0.5, 0.6) is 5.75 Å². The van der Waals surface area contributed by atoms with Gasteiger partial charge >= 0.3 is 0 Å². The second-order valence-corrected chi connectivity index (χ2v) is 5.32.